The summed E-state index contributed by atoms with van der Waals surface area (Å²) >= 11 is 0. The fourth-order valence-electron chi connectivity index (χ4n) is 1.75. The lowest BCUT2D eigenvalue weighted by Gasteiger charge is -2.11. The molecule has 1 fully saturated rings. The molecule has 2 unspecified atom stereocenters. The number of hydrogen-bond donors (Lipinski definition) is 2. The van der Waals surface area contributed by atoms with Gasteiger partial charge in [0, 0.05) is 37.9 Å². The molecule has 1 saturated carbocycles. The van der Waals surface area contributed by atoms with Gasteiger partial charge in [0.25, 0.3) is 0 Å². The number of pyridine rings is 1. The van der Waals surface area contributed by atoms with Gasteiger partial charge in [0.1, 0.15) is 0 Å². The zero-order valence-electron chi connectivity index (χ0n) is 10.5. The predicted molar refractivity (Wildman–Crippen MR) is 70.0 cm³/mol. The molecule has 0 bridgehead atoms. The van der Waals surface area contributed by atoms with E-state index in [1.165, 1.54) is 6.42 Å². The van der Waals surface area contributed by atoms with Crippen molar-refractivity contribution in [2.45, 2.75) is 25.8 Å². The third kappa shape index (κ3) is 3.73. The molecule has 2 N–H and O–H groups in total. The maximum Gasteiger partial charge on any atom is 0.191 e. The summed E-state index contributed by atoms with van der Waals surface area (Å²) in [6.45, 7) is 3.11. The van der Waals surface area contributed by atoms with Gasteiger partial charge in [0.2, 0.25) is 0 Å². The second kappa shape index (κ2) is 5.66. The Bertz CT molecular complexity index is 374. The van der Waals surface area contributed by atoms with Gasteiger partial charge in [-0.2, -0.15) is 0 Å². The zero-order chi connectivity index (χ0) is 12.1. The Morgan fingerprint density at radius 3 is 2.94 bits per heavy atom. The summed E-state index contributed by atoms with van der Waals surface area (Å²) in [5.41, 5.74) is 1.11. The summed E-state index contributed by atoms with van der Waals surface area (Å²) < 4.78 is 0. The molecule has 4 heteroatoms. The highest BCUT2D eigenvalue weighted by Crippen LogP contribution is 2.28. The van der Waals surface area contributed by atoms with Crippen LogP contribution in [0.5, 0.6) is 0 Å². The molecule has 2 atom stereocenters. The molecular weight excluding hydrogens is 212 g/mol. The Labute approximate surface area is 103 Å². The molecule has 92 valence electrons. The van der Waals surface area contributed by atoms with Crippen molar-refractivity contribution < 1.29 is 0 Å². The van der Waals surface area contributed by atoms with E-state index in [0.29, 0.717) is 6.04 Å². The number of guanidine groups is 1. The highest BCUT2D eigenvalue weighted by Gasteiger charge is 2.33. The highest BCUT2D eigenvalue weighted by atomic mass is 15.2. The van der Waals surface area contributed by atoms with Crippen LogP contribution in [0.4, 0.5) is 0 Å². The Morgan fingerprint density at radius 2 is 2.35 bits per heavy atom. The molecule has 4 nitrogen and oxygen atoms in total. The number of hydrogen-bond acceptors (Lipinski definition) is 2. The van der Waals surface area contributed by atoms with E-state index in [-0.39, 0.29) is 0 Å². The number of rotatable bonds is 4. The van der Waals surface area contributed by atoms with E-state index in [0.717, 1.165) is 30.5 Å². The molecule has 0 saturated heterocycles. The summed E-state index contributed by atoms with van der Waals surface area (Å²) in [7, 11) is 1.81. The van der Waals surface area contributed by atoms with E-state index in [1.807, 2.05) is 31.4 Å². The third-order valence-electron chi connectivity index (χ3n) is 3.05. The molecule has 1 aliphatic carbocycles. The summed E-state index contributed by atoms with van der Waals surface area (Å²) in [6.07, 6.45) is 4.00. The van der Waals surface area contributed by atoms with Crippen molar-refractivity contribution in [2.75, 3.05) is 13.6 Å². The van der Waals surface area contributed by atoms with Crippen LogP contribution in [0.15, 0.2) is 29.4 Å². The smallest absolute Gasteiger partial charge is 0.191 e. The first-order valence-corrected chi connectivity index (χ1v) is 6.16. The Balaban J connectivity index is 1.70. The predicted octanol–water partition coefficient (Wildman–Crippen LogP) is 1.20. The van der Waals surface area contributed by atoms with Crippen molar-refractivity contribution in [2.24, 2.45) is 10.9 Å². The fourth-order valence-corrected chi connectivity index (χ4v) is 1.75. The minimum absolute atomic E-state index is 0.607. The molecule has 1 aliphatic rings. The van der Waals surface area contributed by atoms with Crippen LogP contribution in [0, 0.1) is 5.92 Å². The van der Waals surface area contributed by atoms with Gasteiger partial charge in [-0.3, -0.25) is 9.98 Å². The second-order valence-corrected chi connectivity index (χ2v) is 4.53. The maximum absolute atomic E-state index is 4.29. The SMILES string of the molecule is CN=C(NCCc1ccccn1)NC1CC1C. The van der Waals surface area contributed by atoms with Crippen molar-refractivity contribution in [1.82, 2.24) is 15.6 Å². The molecule has 0 amide bonds. The van der Waals surface area contributed by atoms with E-state index in [2.05, 4.69) is 27.5 Å². The Hall–Kier alpha value is -1.58. The quantitative estimate of drug-likeness (QED) is 0.606. The number of aromatic nitrogens is 1. The first-order chi connectivity index (χ1) is 8.29. The van der Waals surface area contributed by atoms with E-state index >= 15 is 0 Å². The monoisotopic (exact) mass is 232 g/mol. The molecular formula is C13H20N4. The van der Waals surface area contributed by atoms with E-state index < -0.39 is 0 Å². The van der Waals surface area contributed by atoms with Crippen LogP contribution in [-0.2, 0) is 6.42 Å². The molecule has 0 aromatic carbocycles. The lowest BCUT2D eigenvalue weighted by atomic mass is 10.3. The first-order valence-electron chi connectivity index (χ1n) is 6.16. The molecule has 1 heterocycles. The fraction of sp³-hybridized carbons (Fsp3) is 0.538. The van der Waals surface area contributed by atoms with Crippen LogP contribution in [0.1, 0.15) is 19.0 Å². The van der Waals surface area contributed by atoms with Gasteiger partial charge >= 0.3 is 0 Å². The third-order valence-corrected chi connectivity index (χ3v) is 3.05. The van der Waals surface area contributed by atoms with Gasteiger partial charge in [-0.15, -0.1) is 0 Å². The topological polar surface area (TPSA) is 49.3 Å². The van der Waals surface area contributed by atoms with E-state index in [9.17, 15) is 0 Å². The van der Waals surface area contributed by atoms with Gasteiger partial charge in [-0.05, 0) is 24.5 Å². The van der Waals surface area contributed by atoms with Crippen LogP contribution >= 0.6 is 0 Å². The average molecular weight is 232 g/mol. The highest BCUT2D eigenvalue weighted by molar-refractivity contribution is 5.80. The Kier molecular flexibility index (Phi) is 3.96. The lowest BCUT2D eigenvalue weighted by Crippen LogP contribution is -2.40. The van der Waals surface area contributed by atoms with E-state index in [4.69, 9.17) is 0 Å². The number of nitrogens with zero attached hydrogens (tertiary/aromatic N) is 2. The van der Waals surface area contributed by atoms with Gasteiger partial charge < -0.3 is 10.6 Å². The second-order valence-electron chi connectivity index (χ2n) is 4.53. The van der Waals surface area contributed by atoms with Crippen molar-refractivity contribution in [1.29, 1.82) is 0 Å². The summed E-state index contributed by atoms with van der Waals surface area (Å²) in [6, 6.07) is 6.60. The van der Waals surface area contributed by atoms with Crippen LogP contribution in [-0.4, -0.2) is 30.6 Å². The minimum atomic E-state index is 0.607. The minimum Gasteiger partial charge on any atom is -0.356 e. The van der Waals surface area contributed by atoms with Gasteiger partial charge in [-0.1, -0.05) is 13.0 Å². The number of aliphatic imine (C=N–C) groups is 1. The van der Waals surface area contributed by atoms with Gasteiger partial charge in [0.05, 0.1) is 0 Å². The molecule has 1 aromatic rings. The number of nitrogens with one attached hydrogen (secondary N) is 2. The van der Waals surface area contributed by atoms with Crippen LogP contribution in [0.2, 0.25) is 0 Å². The van der Waals surface area contributed by atoms with Crippen molar-refractivity contribution in [3.63, 3.8) is 0 Å². The lowest BCUT2D eigenvalue weighted by molar-refractivity contribution is 0.753. The van der Waals surface area contributed by atoms with E-state index in [1.54, 1.807) is 0 Å². The maximum atomic E-state index is 4.29. The largest absolute Gasteiger partial charge is 0.356 e. The molecule has 2 rings (SSSR count). The van der Waals surface area contributed by atoms with Crippen LogP contribution < -0.4 is 10.6 Å². The van der Waals surface area contributed by atoms with Gasteiger partial charge in [-0.25, -0.2) is 0 Å². The van der Waals surface area contributed by atoms with Crippen LogP contribution in [0.3, 0.4) is 0 Å². The summed E-state index contributed by atoms with van der Waals surface area (Å²) in [5.74, 6) is 1.68. The summed E-state index contributed by atoms with van der Waals surface area (Å²) in [5, 5.41) is 6.70. The zero-order valence-corrected chi connectivity index (χ0v) is 10.5. The Morgan fingerprint density at radius 1 is 1.53 bits per heavy atom. The average Bonchev–Trinajstić information content (AvgIpc) is 3.05. The molecule has 0 radical (unpaired) electrons. The van der Waals surface area contributed by atoms with Crippen molar-refractivity contribution in [3.05, 3.63) is 30.1 Å². The molecule has 1 aromatic heterocycles. The standard InChI is InChI=1S/C13H20N4/c1-10-9-12(10)17-13(14-2)16-8-6-11-5-3-4-7-15-11/h3-5,7,10,12H,6,8-9H2,1-2H3,(H2,14,16,17). The first kappa shape index (κ1) is 11.9. The molecule has 0 spiro atoms. The van der Waals surface area contributed by atoms with Crippen molar-refractivity contribution >= 4 is 5.96 Å². The van der Waals surface area contributed by atoms with Crippen LogP contribution in [0.25, 0.3) is 0 Å². The normalized spacial score (nSPS) is 23.3. The van der Waals surface area contributed by atoms with Gasteiger partial charge in [0.15, 0.2) is 5.96 Å². The van der Waals surface area contributed by atoms with Crippen molar-refractivity contribution in [3.8, 4) is 0 Å². The molecule has 17 heavy (non-hydrogen) atoms. The summed E-state index contributed by atoms with van der Waals surface area (Å²) in [4.78, 5) is 8.49. The molecule has 0 aliphatic heterocycles.